The molecule has 1 fully saturated rings. The molecule has 7 nitrogen and oxygen atoms in total. The first kappa shape index (κ1) is 18.0. The van der Waals surface area contributed by atoms with E-state index in [0.717, 1.165) is 38.4 Å². The minimum Gasteiger partial charge on any atom is -0.379 e. The lowest BCUT2D eigenvalue weighted by Gasteiger charge is -2.26. The number of rotatable bonds is 5. The van der Waals surface area contributed by atoms with E-state index in [1.54, 1.807) is 13.0 Å². The maximum atomic E-state index is 12.6. The molecule has 0 radical (unpaired) electrons. The Morgan fingerprint density at radius 1 is 1.23 bits per heavy atom. The predicted octanol–water partition coefficient (Wildman–Crippen LogP) is 2.99. The van der Waals surface area contributed by atoms with E-state index in [1.807, 2.05) is 24.3 Å². The Kier molecular flexibility index (Phi) is 5.60. The quantitative estimate of drug-likeness (QED) is 0.658. The average Bonchev–Trinajstić information content (AvgIpc) is 2.62. The van der Waals surface area contributed by atoms with Crippen molar-refractivity contribution in [3.8, 4) is 0 Å². The first-order valence-electron chi connectivity index (χ1n) is 8.49. The lowest BCUT2D eigenvalue weighted by molar-refractivity contribution is -0.385. The summed E-state index contributed by atoms with van der Waals surface area (Å²) in [4.78, 5) is 25.4. The summed E-state index contributed by atoms with van der Waals surface area (Å²) in [6, 6.07) is 12.2. The second kappa shape index (κ2) is 8.07. The molecule has 1 heterocycles. The molecule has 0 bridgehead atoms. The molecule has 0 atom stereocenters. The Morgan fingerprint density at radius 2 is 1.96 bits per heavy atom. The first-order chi connectivity index (χ1) is 12.5. The monoisotopic (exact) mass is 355 g/mol. The molecule has 7 heteroatoms. The van der Waals surface area contributed by atoms with Crippen LogP contribution in [0.3, 0.4) is 0 Å². The van der Waals surface area contributed by atoms with Crippen LogP contribution in [-0.4, -0.2) is 42.0 Å². The lowest BCUT2D eigenvalue weighted by atomic mass is 10.1. The van der Waals surface area contributed by atoms with Crippen LogP contribution in [0.4, 0.5) is 11.4 Å². The molecule has 0 spiro atoms. The molecule has 1 aliphatic rings. The van der Waals surface area contributed by atoms with Crippen LogP contribution in [0, 0.1) is 17.0 Å². The third kappa shape index (κ3) is 4.25. The number of carbonyl (C=O) groups is 1. The van der Waals surface area contributed by atoms with Gasteiger partial charge in [-0.15, -0.1) is 0 Å². The third-order valence-electron chi connectivity index (χ3n) is 4.44. The van der Waals surface area contributed by atoms with Gasteiger partial charge in [0.25, 0.3) is 11.6 Å². The Labute approximate surface area is 151 Å². The van der Waals surface area contributed by atoms with Crippen LogP contribution in [0.2, 0.25) is 0 Å². The van der Waals surface area contributed by atoms with E-state index in [2.05, 4.69) is 10.2 Å². The van der Waals surface area contributed by atoms with Crippen LogP contribution < -0.4 is 5.32 Å². The third-order valence-corrected chi connectivity index (χ3v) is 4.44. The van der Waals surface area contributed by atoms with Crippen LogP contribution in [0.15, 0.2) is 42.5 Å². The van der Waals surface area contributed by atoms with Crippen molar-refractivity contribution in [3.63, 3.8) is 0 Å². The van der Waals surface area contributed by atoms with Crippen molar-refractivity contribution in [2.45, 2.75) is 13.5 Å². The topological polar surface area (TPSA) is 84.7 Å². The van der Waals surface area contributed by atoms with Crippen molar-refractivity contribution in [1.82, 2.24) is 4.90 Å². The molecule has 26 heavy (non-hydrogen) atoms. The van der Waals surface area contributed by atoms with Gasteiger partial charge in [-0.25, -0.2) is 0 Å². The molecular formula is C19H21N3O4. The molecule has 3 rings (SSSR count). The zero-order chi connectivity index (χ0) is 18.5. The molecule has 1 amide bonds. The number of hydrogen-bond acceptors (Lipinski definition) is 5. The van der Waals surface area contributed by atoms with Gasteiger partial charge in [0, 0.05) is 42.5 Å². The fourth-order valence-electron chi connectivity index (χ4n) is 3.03. The summed E-state index contributed by atoms with van der Waals surface area (Å²) in [5.41, 5.74) is 2.38. The number of nitrogens with one attached hydrogen (secondary N) is 1. The molecular weight excluding hydrogens is 334 g/mol. The highest BCUT2D eigenvalue weighted by Crippen LogP contribution is 2.22. The number of morpholine rings is 1. The molecule has 2 aromatic rings. The highest BCUT2D eigenvalue weighted by molar-refractivity contribution is 6.05. The van der Waals surface area contributed by atoms with Crippen molar-refractivity contribution >= 4 is 17.3 Å². The SMILES string of the molecule is Cc1c(C(=O)Nc2cccc(CN3CCOCC3)c2)cccc1[N+](=O)[O-]. The number of nitrogens with zero attached hydrogens (tertiary/aromatic N) is 2. The highest BCUT2D eigenvalue weighted by atomic mass is 16.6. The average molecular weight is 355 g/mol. The van der Waals surface area contributed by atoms with E-state index in [1.165, 1.54) is 12.1 Å². The van der Waals surface area contributed by atoms with Gasteiger partial charge in [0.2, 0.25) is 0 Å². The number of nitro benzene ring substituents is 1. The molecule has 2 aromatic carbocycles. The number of anilines is 1. The zero-order valence-electron chi connectivity index (χ0n) is 14.6. The standard InChI is InChI=1S/C19H21N3O4/c1-14-17(6-3-7-18(14)22(24)25)19(23)20-16-5-2-4-15(12-16)13-21-8-10-26-11-9-21/h2-7,12H,8-11,13H2,1H3,(H,20,23). The van der Waals surface area contributed by atoms with Crippen LogP contribution in [0.25, 0.3) is 0 Å². The molecule has 1 aliphatic heterocycles. The number of benzene rings is 2. The molecule has 1 N–H and O–H groups in total. The van der Waals surface area contributed by atoms with Gasteiger partial charge in [0.05, 0.1) is 18.1 Å². The van der Waals surface area contributed by atoms with Crippen LogP contribution in [0.1, 0.15) is 21.5 Å². The number of hydrogen-bond donors (Lipinski definition) is 1. The van der Waals surface area contributed by atoms with Gasteiger partial charge in [0.1, 0.15) is 0 Å². The van der Waals surface area contributed by atoms with Gasteiger partial charge in [-0.05, 0) is 30.7 Å². The Morgan fingerprint density at radius 3 is 2.69 bits per heavy atom. The fourth-order valence-corrected chi connectivity index (χ4v) is 3.03. The molecule has 136 valence electrons. The molecule has 0 aliphatic carbocycles. The Hall–Kier alpha value is -2.77. The summed E-state index contributed by atoms with van der Waals surface area (Å²) in [5, 5.41) is 13.9. The lowest BCUT2D eigenvalue weighted by Crippen LogP contribution is -2.35. The molecule has 0 saturated carbocycles. The maximum absolute atomic E-state index is 12.6. The second-order valence-electron chi connectivity index (χ2n) is 6.25. The summed E-state index contributed by atoms with van der Waals surface area (Å²) in [6.45, 7) is 5.64. The van der Waals surface area contributed by atoms with Gasteiger partial charge in [0.15, 0.2) is 0 Å². The zero-order valence-corrected chi connectivity index (χ0v) is 14.6. The predicted molar refractivity (Wildman–Crippen MR) is 98.3 cm³/mol. The van der Waals surface area contributed by atoms with Crippen LogP contribution in [-0.2, 0) is 11.3 Å². The van der Waals surface area contributed by atoms with E-state index in [4.69, 9.17) is 4.74 Å². The molecule has 1 saturated heterocycles. The summed E-state index contributed by atoms with van der Waals surface area (Å²) >= 11 is 0. The highest BCUT2D eigenvalue weighted by Gasteiger charge is 2.18. The smallest absolute Gasteiger partial charge is 0.273 e. The number of ether oxygens (including phenoxy) is 1. The first-order valence-corrected chi connectivity index (χ1v) is 8.49. The summed E-state index contributed by atoms with van der Waals surface area (Å²) in [6.07, 6.45) is 0. The van der Waals surface area contributed by atoms with E-state index >= 15 is 0 Å². The van der Waals surface area contributed by atoms with Gasteiger partial charge >= 0.3 is 0 Å². The van der Waals surface area contributed by atoms with Crippen LogP contribution in [0.5, 0.6) is 0 Å². The minimum absolute atomic E-state index is 0.0567. The van der Waals surface area contributed by atoms with Crippen molar-refractivity contribution in [1.29, 1.82) is 0 Å². The Bertz CT molecular complexity index is 816. The van der Waals surface area contributed by atoms with Crippen molar-refractivity contribution in [3.05, 3.63) is 69.3 Å². The van der Waals surface area contributed by atoms with E-state index in [9.17, 15) is 14.9 Å². The van der Waals surface area contributed by atoms with Gasteiger partial charge in [-0.1, -0.05) is 18.2 Å². The molecule has 0 aromatic heterocycles. The maximum Gasteiger partial charge on any atom is 0.273 e. The Balaban J connectivity index is 1.72. The van der Waals surface area contributed by atoms with E-state index in [-0.39, 0.29) is 11.6 Å². The van der Waals surface area contributed by atoms with Gasteiger partial charge in [-0.2, -0.15) is 0 Å². The fraction of sp³-hybridized carbons (Fsp3) is 0.316. The van der Waals surface area contributed by atoms with Crippen LogP contribution >= 0.6 is 0 Å². The van der Waals surface area contributed by atoms with Gasteiger partial charge < -0.3 is 10.1 Å². The van der Waals surface area contributed by atoms with E-state index in [0.29, 0.717) is 16.8 Å². The number of carbonyl (C=O) groups excluding carboxylic acids is 1. The summed E-state index contributed by atoms with van der Waals surface area (Å²) in [7, 11) is 0. The van der Waals surface area contributed by atoms with Crippen molar-refractivity contribution < 1.29 is 14.5 Å². The number of nitro groups is 1. The molecule has 0 unspecified atom stereocenters. The van der Waals surface area contributed by atoms with Crippen molar-refractivity contribution in [2.24, 2.45) is 0 Å². The van der Waals surface area contributed by atoms with Crippen molar-refractivity contribution in [2.75, 3.05) is 31.6 Å². The summed E-state index contributed by atoms with van der Waals surface area (Å²) in [5.74, 6) is -0.352. The van der Waals surface area contributed by atoms with Gasteiger partial charge in [-0.3, -0.25) is 19.8 Å². The summed E-state index contributed by atoms with van der Waals surface area (Å²) < 4.78 is 5.35. The normalized spacial score (nSPS) is 14.8. The second-order valence-corrected chi connectivity index (χ2v) is 6.25. The largest absolute Gasteiger partial charge is 0.379 e. The number of amides is 1. The minimum atomic E-state index is -0.477. The van der Waals surface area contributed by atoms with E-state index < -0.39 is 4.92 Å².